The van der Waals surface area contributed by atoms with Gasteiger partial charge in [0.05, 0.1) is 6.26 Å². The van der Waals surface area contributed by atoms with Crippen LogP contribution in [0.4, 0.5) is 0 Å². The minimum Gasteiger partial charge on any atom is -0.356 e. The van der Waals surface area contributed by atoms with E-state index in [4.69, 9.17) is 0 Å². The number of carbonyl (C=O) groups is 2. The molecule has 1 fully saturated rings. The summed E-state index contributed by atoms with van der Waals surface area (Å²) in [6.45, 7) is 3.72. The molecule has 1 aliphatic rings. The lowest BCUT2D eigenvalue weighted by molar-refractivity contribution is -0.126. The molecule has 1 aliphatic heterocycles. The van der Waals surface area contributed by atoms with Crippen molar-refractivity contribution in [3.63, 3.8) is 0 Å². The monoisotopic (exact) mass is 347 g/mol. The fourth-order valence-corrected chi connectivity index (χ4v) is 3.48. The molecule has 8 heteroatoms. The zero-order valence-electron chi connectivity index (χ0n) is 14.1. The zero-order chi connectivity index (χ0) is 17.3. The van der Waals surface area contributed by atoms with Crippen molar-refractivity contribution in [2.75, 3.05) is 32.4 Å². The number of nitrogens with zero attached hydrogens (tertiary/aromatic N) is 1. The molecular weight excluding hydrogens is 318 g/mol. The molecule has 1 saturated heterocycles. The van der Waals surface area contributed by atoms with Gasteiger partial charge in [-0.15, -0.1) is 0 Å². The Labute approximate surface area is 139 Å². The standard InChI is InChI=1S/C15H29N3O4S/c1-3-4-9-17-15(20)13-6-5-11-18(23(2,21)22)12-8-14(19)16-10-7-13/h13H,3-12H2,1-2H3,(H,16,19)(H,17,20). The van der Waals surface area contributed by atoms with Gasteiger partial charge in [-0.3, -0.25) is 9.59 Å². The second-order valence-electron chi connectivity index (χ2n) is 6.03. The number of sulfonamides is 1. The van der Waals surface area contributed by atoms with E-state index in [0.29, 0.717) is 38.9 Å². The summed E-state index contributed by atoms with van der Waals surface area (Å²) >= 11 is 0. The first-order valence-electron chi connectivity index (χ1n) is 8.34. The van der Waals surface area contributed by atoms with E-state index in [1.165, 1.54) is 4.31 Å². The minimum atomic E-state index is -3.33. The minimum absolute atomic E-state index is 0.00199. The van der Waals surface area contributed by atoms with Crippen LogP contribution in [-0.4, -0.2) is 57.0 Å². The van der Waals surface area contributed by atoms with Gasteiger partial charge in [-0.2, -0.15) is 0 Å². The van der Waals surface area contributed by atoms with Crippen LogP contribution in [0.15, 0.2) is 0 Å². The van der Waals surface area contributed by atoms with E-state index in [0.717, 1.165) is 19.1 Å². The first-order chi connectivity index (χ1) is 10.8. The fraction of sp³-hybridized carbons (Fsp3) is 0.867. The lowest BCUT2D eigenvalue weighted by Gasteiger charge is -2.20. The van der Waals surface area contributed by atoms with Crippen molar-refractivity contribution in [1.29, 1.82) is 0 Å². The Morgan fingerprint density at radius 2 is 2.09 bits per heavy atom. The maximum Gasteiger partial charge on any atom is 0.223 e. The number of amides is 2. The molecule has 0 radical (unpaired) electrons. The van der Waals surface area contributed by atoms with Crippen LogP contribution in [0.25, 0.3) is 0 Å². The van der Waals surface area contributed by atoms with Gasteiger partial charge in [0.15, 0.2) is 0 Å². The Hall–Kier alpha value is -1.15. The third-order valence-corrected chi connectivity index (χ3v) is 5.34. The molecule has 0 aliphatic carbocycles. The zero-order valence-corrected chi connectivity index (χ0v) is 15.0. The lowest BCUT2D eigenvalue weighted by Crippen LogP contribution is -2.35. The Morgan fingerprint density at radius 3 is 2.74 bits per heavy atom. The van der Waals surface area contributed by atoms with Crippen molar-refractivity contribution in [2.45, 2.75) is 45.4 Å². The summed E-state index contributed by atoms with van der Waals surface area (Å²) < 4.78 is 24.8. The van der Waals surface area contributed by atoms with E-state index in [1.807, 2.05) is 0 Å². The summed E-state index contributed by atoms with van der Waals surface area (Å²) in [5.74, 6) is -0.366. The average molecular weight is 347 g/mol. The molecule has 2 amide bonds. The predicted octanol–water partition coefficient (Wildman–Crippen LogP) is 0.471. The molecule has 0 aromatic carbocycles. The van der Waals surface area contributed by atoms with Gasteiger partial charge in [0.1, 0.15) is 0 Å². The van der Waals surface area contributed by atoms with Gasteiger partial charge in [0, 0.05) is 38.5 Å². The van der Waals surface area contributed by atoms with Crippen LogP contribution in [-0.2, 0) is 19.6 Å². The van der Waals surface area contributed by atoms with Crippen LogP contribution >= 0.6 is 0 Å². The Kier molecular flexibility index (Phi) is 8.54. The number of unbranched alkanes of at least 4 members (excludes halogenated alkanes) is 1. The van der Waals surface area contributed by atoms with Crippen molar-refractivity contribution in [2.24, 2.45) is 5.92 Å². The SMILES string of the molecule is CCCCNC(=O)C1CCCN(S(C)(=O)=O)CCC(=O)NCC1. The van der Waals surface area contributed by atoms with Crippen LogP contribution < -0.4 is 10.6 Å². The maximum absolute atomic E-state index is 12.2. The molecular formula is C15H29N3O4S. The molecule has 0 bridgehead atoms. The molecule has 7 nitrogen and oxygen atoms in total. The van der Waals surface area contributed by atoms with Crippen LogP contribution in [0.5, 0.6) is 0 Å². The lowest BCUT2D eigenvalue weighted by atomic mass is 9.98. The summed E-state index contributed by atoms with van der Waals surface area (Å²) in [7, 11) is -3.33. The smallest absolute Gasteiger partial charge is 0.223 e. The molecule has 2 N–H and O–H groups in total. The third kappa shape index (κ3) is 7.78. The number of hydrogen-bond donors (Lipinski definition) is 2. The maximum atomic E-state index is 12.2. The molecule has 1 heterocycles. The average Bonchev–Trinajstić information content (AvgIpc) is 2.51. The summed E-state index contributed by atoms with van der Waals surface area (Å²) in [5, 5.41) is 5.69. The van der Waals surface area contributed by atoms with Crippen molar-refractivity contribution < 1.29 is 18.0 Å². The molecule has 134 valence electrons. The molecule has 0 spiro atoms. The van der Waals surface area contributed by atoms with Gasteiger partial charge in [0.25, 0.3) is 0 Å². The molecule has 23 heavy (non-hydrogen) atoms. The second-order valence-corrected chi connectivity index (χ2v) is 8.02. The van der Waals surface area contributed by atoms with Crippen LogP contribution in [0.3, 0.4) is 0 Å². The molecule has 1 unspecified atom stereocenters. The number of hydrogen-bond acceptors (Lipinski definition) is 4. The fourth-order valence-electron chi connectivity index (χ4n) is 2.60. The van der Waals surface area contributed by atoms with Gasteiger partial charge in [-0.05, 0) is 25.7 Å². The summed E-state index contributed by atoms with van der Waals surface area (Å²) in [5.41, 5.74) is 0. The van der Waals surface area contributed by atoms with Gasteiger partial charge >= 0.3 is 0 Å². The molecule has 1 rings (SSSR count). The van der Waals surface area contributed by atoms with Crippen LogP contribution in [0.1, 0.15) is 45.4 Å². The van der Waals surface area contributed by atoms with Gasteiger partial charge < -0.3 is 10.6 Å². The first kappa shape index (κ1) is 19.9. The van der Waals surface area contributed by atoms with Crippen LogP contribution in [0.2, 0.25) is 0 Å². The topological polar surface area (TPSA) is 95.6 Å². The van der Waals surface area contributed by atoms with Crippen molar-refractivity contribution >= 4 is 21.8 Å². The van der Waals surface area contributed by atoms with Gasteiger partial charge in [-0.1, -0.05) is 13.3 Å². The van der Waals surface area contributed by atoms with E-state index in [2.05, 4.69) is 17.6 Å². The van der Waals surface area contributed by atoms with Crippen molar-refractivity contribution in [1.82, 2.24) is 14.9 Å². The highest BCUT2D eigenvalue weighted by Gasteiger charge is 2.22. The largest absolute Gasteiger partial charge is 0.356 e. The van der Waals surface area contributed by atoms with Gasteiger partial charge in [-0.25, -0.2) is 12.7 Å². The number of rotatable bonds is 5. The normalized spacial score (nSPS) is 22.0. The third-order valence-electron chi connectivity index (χ3n) is 4.03. The molecule has 0 aromatic heterocycles. The van der Waals surface area contributed by atoms with E-state index in [9.17, 15) is 18.0 Å². The Balaban J connectivity index is 2.66. The predicted molar refractivity (Wildman–Crippen MR) is 89.3 cm³/mol. The highest BCUT2D eigenvalue weighted by Crippen LogP contribution is 2.14. The summed E-state index contributed by atoms with van der Waals surface area (Å²) in [4.78, 5) is 24.0. The first-order valence-corrected chi connectivity index (χ1v) is 10.2. The molecule has 1 atom stereocenters. The summed E-state index contributed by atoms with van der Waals surface area (Å²) in [6.07, 6.45) is 5.09. The Morgan fingerprint density at radius 1 is 1.35 bits per heavy atom. The Bertz CT molecular complexity index is 493. The number of nitrogens with one attached hydrogen (secondary N) is 2. The van der Waals surface area contributed by atoms with E-state index < -0.39 is 10.0 Å². The molecule has 0 aromatic rings. The highest BCUT2D eigenvalue weighted by atomic mass is 32.2. The van der Waals surface area contributed by atoms with Gasteiger partial charge in [0.2, 0.25) is 21.8 Å². The van der Waals surface area contributed by atoms with Crippen molar-refractivity contribution in [3.8, 4) is 0 Å². The highest BCUT2D eigenvalue weighted by molar-refractivity contribution is 7.88. The second kappa shape index (κ2) is 9.87. The van der Waals surface area contributed by atoms with E-state index >= 15 is 0 Å². The van der Waals surface area contributed by atoms with E-state index in [-0.39, 0.29) is 30.7 Å². The number of carbonyl (C=O) groups excluding carboxylic acids is 2. The van der Waals surface area contributed by atoms with Crippen molar-refractivity contribution in [3.05, 3.63) is 0 Å². The summed E-state index contributed by atoms with van der Waals surface area (Å²) in [6, 6.07) is 0. The van der Waals surface area contributed by atoms with E-state index in [1.54, 1.807) is 0 Å². The quantitative estimate of drug-likeness (QED) is 0.707. The molecule has 0 saturated carbocycles. The van der Waals surface area contributed by atoms with Crippen LogP contribution in [0, 0.1) is 5.92 Å².